The van der Waals surface area contributed by atoms with Crippen LogP contribution < -0.4 is 0 Å². The molecule has 4 aliphatic carbocycles. The number of Topliss-reactive ketones (excluding diaryl/α,β-unsaturated/α-hetero) is 1. The number of fused-ring (bicyclic) bond motifs is 5. The summed E-state index contributed by atoms with van der Waals surface area (Å²) in [6.45, 7) is 15.5. The minimum absolute atomic E-state index is 0.00357. The van der Waals surface area contributed by atoms with Gasteiger partial charge in [-0.05, 0) is 104 Å². The van der Waals surface area contributed by atoms with Crippen molar-refractivity contribution in [2.75, 3.05) is 35.5 Å². The molecular formula is C56H92O19. The Morgan fingerprint density at radius 3 is 1.36 bits per heavy atom. The summed E-state index contributed by atoms with van der Waals surface area (Å²) >= 11 is 0. The molecule has 9 aliphatic rings. The Bertz CT molecular complexity index is 1940. The van der Waals surface area contributed by atoms with Gasteiger partial charge >= 0.3 is 0 Å². The van der Waals surface area contributed by atoms with E-state index in [1.54, 1.807) is 49.4 Å². The van der Waals surface area contributed by atoms with E-state index in [1.165, 1.54) is 5.57 Å². The smallest absolute Gasteiger partial charge is 0.161 e. The molecule has 8 fully saturated rings. The van der Waals surface area contributed by atoms with Gasteiger partial charge in [-0.3, -0.25) is 4.79 Å². The lowest BCUT2D eigenvalue weighted by molar-refractivity contribution is -0.352. The van der Waals surface area contributed by atoms with Crippen LogP contribution in [0.4, 0.5) is 0 Å². The molecule has 75 heavy (non-hydrogen) atoms. The third-order valence-corrected chi connectivity index (χ3v) is 20.1. The Balaban J connectivity index is 0.748. The van der Waals surface area contributed by atoms with Crippen LogP contribution in [0, 0.1) is 28.6 Å². The molecule has 19 heteroatoms. The molecule has 0 aromatic heterocycles. The highest BCUT2D eigenvalue weighted by molar-refractivity contribution is 5.80. The van der Waals surface area contributed by atoms with Crippen LogP contribution in [-0.2, 0) is 75.8 Å². The molecule has 430 valence electrons. The molecule has 19 nitrogen and oxygen atoms in total. The lowest BCUT2D eigenvalue weighted by atomic mass is 9.45. The van der Waals surface area contributed by atoms with Crippen molar-refractivity contribution in [3.8, 4) is 0 Å². The highest BCUT2D eigenvalue weighted by Gasteiger charge is 2.70. The molecule has 5 saturated heterocycles. The van der Waals surface area contributed by atoms with Gasteiger partial charge in [-0.15, -0.1) is 0 Å². The normalized spacial score (nSPS) is 52.3. The first kappa shape index (κ1) is 58.3. The Hall–Kier alpha value is -1.31. The topological polar surface area (TPSA) is 216 Å². The number of aliphatic hydroxyl groups is 3. The van der Waals surface area contributed by atoms with Gasteiger partial charge in [0.2, 0.25) is 0 Å². The summed E-state index contributed by atoms with van der Waals surface area (Å²) in [5.74, 6) is -0.146. The van der Waals surface area contributed by atoms with Gasteiger partial charge in [0.25, 0.3) is 0 Å². The summed E-state index contributed by atoms with van der Waals surface area (Å²) in [6.07, 6.45) is -0.933. The number of rotatable bonds is 16. The predicted octanol–water partition coefficient (Wildman–Crippen LogP) is 5.28. The maximum Gasteiger partial charge on any atom is 0.161 e. The van der Waals surface area contributed by atoms with E-state index in [0.29, 0.717) is 51.4 Å². The van der Waals surface area contributed by atoms with Crippen molar-refractivity contribution in [1.29, 1.82) is 0 Å². The van der Waals surface area contributed by atoms with Crippen molar-refractivity contribution >= 4 is 5.78 Å². The average Bonchev–Trinajstić information content (AvgIpc) is 3.69. The summed E-state index contributed by atoms with van der Waals surface area (Å²) in [5.41, 5.74) is -0.754. The van der Waals surface area contributed by atoms with Crippen LogP contribution in [0.25, 0.3) is 0 Å². The van der Waals surface area contributed by atoms with Gasteiger partial charge in [0.05, 0.1) is 78.8 Å². The molecule has 28 atom stereocenters. The van der Waals surface area contributed by atoms with Gasteiger partial charge in [-0.1, -0.05) is 25.5 Å². The zero-order valence-electron chi connectivity index (χ0n) is 46.9. The van der Waals surface area contributed by atoms with Gasteiger partial charge in [0, 0.05) is 79.0 Å². The highest BCUT2D eigenvalue weighted by Crippen LogP contribution is 2.68. The first-order valence-corrected chi connectivity index (χ1v) is 28.2. The van der Waals surface area contributed by atoms with Crippen LogP contribution in [0.3, 0.4) is 0 Å². The van der Waals surface area contributed by atoms with Crippen molar-refractivity contribution in [1.82, 2.24) is 0 Å². The van der Waals surface area contributed by atoms with Crippen LogP contribution in [0.15, 0.2) is 11.6 Å². The van der Waals surface area contributed by atoms with Crippen LogP contribution >= 0.6 is 0 Å². The molecule has 0 aromatic carbocycles. The van der Waals surface area contributed by atoms with E-state index in [9.17, 15) is 20.1 Å². The van der Waals surface area contributed by atoms with Gasteiger partial charge in [-0.25, -0.2) is 0 Å². The van der Waals surface area contributed by atoms with E-state index in [2.05, 4.69) is 13.0 Å². The minimum Gasteiger partial charge on any atom is -0.392 e. The summed E-state index contributed by atoms with van der Waals surface area (Å²) < 4.78 is 94.7. The van der Waals surface area contributed by atoms with Crippen molar-refractivity contribution in [3.63, 3.8) is 0 Å². The van der Waals surface area contributed by atoms with Crippen LogP contribution in [0.2, 0.25) is 0 Å². The quantitative estimate of drug-likeness (QED) is 0.168. The first-order chi connectivity index (χ1) is 35.7. The summed E-state index contributed by atoms with van der Waals surface area (Å²) in [4.78, 5) is 12.7. The maximum absolute atomic E-state index is 12.7. The molecule has 3 N–H and O–H groups in total. The second-order valence-corrected chi connectivity index (χ2v) is 24.1. The van der Waals surface area contributed by atoms with Gasteiger partial charge in [0.1, 0.15) is 36.3 Å². The van der Waals surface area contributed by atoms with Crippen molar-refractivity contribution in [2.24, 2.45) is 28.6 Å². The van der Waals surface area contributed by atoms with E-state index in [0.717, 1.165) is 25.7 Å². The summed E-state index contributed by atoms with van der Waals surface area (Å²) in [6, 6.07) is 0. The van der Waals surface area contributed by atoms with Gasteiger partial charge < -0.3 is 86.4 Å². The summed E-state index contributed by atoms with van der Waals surface area (Å²) in [7, 11) is 8.23. The average molecular weight is 1070 g/mol. The molecule has 9 rings (SSSR count). The monoisotopic (exact) mass is 1070 g/mol. The standard InChI is InChI=1S/C56H92O19/c1-27(57)35-17-19-56(60)36-15-14-33-20-34(16-18-54(33,7)37(36)21-43(58)55(35,56)8)71-44-23-39(62-10)50(29(3)67-44)73-46-25-41(64-12)52(31(5)69-46)75-48-26-42(65-13)53(32(6)70-48)74-47-24-40(63-11)51(30(4)68-47)72-45-22-38(61-9)49(59)28(2)66-45/h14,28-32,34-53,58-60H,15-26H2,1-13H3/t28-,29+,30+,31+,32-,34-,35-,36+,37-,38+,39-,40-,41-,42+,43+,44-,45+,46-,47-,48+,49-,50+,51+,52+,53-,54-,55-,56-/m0/s1. The van der Waals surface area contributed by atoms with E-state index >= 15 is 0 Å². The van der Waals surface area contributed by atoms with Crippen molar-refractivity contribution < 1.29 is 91.2 Å². The fourth-order valence-electron chi connectivity index (χ4n) is 15.6. The molecule has 0 unspecified atom stereocenters. The third-order valence-electron chi connectivity index (χ3n) is 20.1. The number of methoxy groups -OCH3 is 5. The first-order valence-electron chi connectivity index (χ1n) is 28.2. The van der Waals surface area contributed by atoms with Crippen molar-refractivity contribution in [3.05, 3.63) is 11.6 Å². The molecule has 0 bridgehead atoms. The Kier molecular flexibility index (Phi) is 18.4. The Morgan fingerprint density at radius 2 is 0.947 bits per heavy atom. The van der Waals surface area contributed by atoms with Gasteiger partial charge in [0.15, 0.2) is 31.5 Å². The number of hydrogen-bond acceptors (Lipinski definition) is 19. The van der Waals surface area contributed by atoms with E-state index < -0.39 is 110 Å². The number of ketones is 1. The van der Waals surface area contributed by atoms with Crippen molar-refractivity contribution in [2.45, 2.75) is 273 Å². The molecule has 5 heterocycles. The molecule has 5 aliphatic heterocycles. The van der Waals surface area contributed by atoms with E-state index in [4.69, 9.17) is 71.1 Å². The maximum atomic E-state index is 12.7. The van der Waals surface area contributed by atoms with Crippen LogP contribution in [-0.4, -0.2) is 197 Å². The number of aliphatic hydroxyl groups excluding tert-OH is 2. The Morgan fingerprint density at radius 1 is 0.547 bits per heavy atom. The fraction of sp³-hybridized carbons (Fsp3) is 0.946. The molecule has 0 spiro atoms. The van der Waals surface area contributed by atoms with Gasteiger partial charge in [-0.2, -0.15) is 0 Å². The largest absolute Gasteiger partial charge is 0.392 e. The highest BCUT2D eigenvalue weighted by atomic mass is 16.8. The third kappa shape index (κ3) is 11.1. The van der Waals surface area contributed by atoms with Crippen LogP contribution in [0.1, 0.15) is 132 Å². The zero-order valence-corrected chi connectivity index (χ0v) is 46.9. The number of carbonyl (C=O) groups excluding carboxylic acids is 1. The second kappa shape index (κ2) is 23.6. The number of ether oxygens (including phenoxy) is 15. The number of hydrogen-bond donors (Lipinski definition) is 3. The van der Waals surface area contributed by atoms with E-state index in [-0.39, 0.29) is 65.6 Å². The molecule has 0 amide bonds. The van der Waals surface area contributed by atoms with E-state index in [1.807, 2.05) is 34.6 Å². The fourth-order valence-corrected chi connectivity index (χ4v) is 15.6. The Labute approximate surface area is 444 Å². The lowest BCUT2D eigenvalue weighted by Gasteiger charge is -2.62. The zero-order chi connectivity index (χ0) is 53.9. The molecule has 3 saturated carbocycles. The SMILES string of the molecule is CO[C@H]1C[C@H](O[C@H]2CC[C@@]3(C)C(=CC[C@@H]4[C@@H]3C[C@@H](O)[C@]3(C)[C@H](C(C)=O)CC[C@]43O)C2)O[C@H](C)[C@H]1O[C@H]1C[C@H](OC)[C@H](O[C@@H]2C[C@@H](OC)[C@@H](O[C@H]3C[C@H](OC)[C@H](O[C@@H]4C[C@@H](OC)[C@@H](O)[C@H](C)O4)[C@@H](C)O3)[C@H](C)O2)[C@@H](C)O1. The molecule has 0 radical (unpaired) electrons. The number of allylic oxidation sites excluding steroid dienone is 1. The predicted molar refractivity (Wildman–Crippen MR) is 268 cm³/mol. The molecular weight excluding hydrogens is 977 g/mol. The minimum atomic E-state index is -1.08. The molecule has 0 aromatic rings. The second-order valence-electron chi connectivity index (χ2n) is 24.1. The summed E-state index contributed by atoms with van der Waals surface area (Å²) in [5, 5.41) is 34.6. The number of carbonyl (C=O) groups is 1. The van der Waals surface area contributed by atoms with Crippen LogP contribution in [0.5, 0.6) is 0 Å². The lowest BCUT2D eigenvalue weighted by Crippen LogP contribution is -2.66.